The number of carboxylic acid groups (broad SMARTS) is 1. The SMILES string of the molecule is CCC(c1cccc(OC)c1)N1CCCCC1C(=O)O. The van der Waals surface area contributed by atoms with Crippen molar-refractivity contribution in [2.24, 2.45) is 0 Å². The van der Waals surface area contributed by atoms with E-state index in [4.69, 9.17) is 4.74 Å². The van der Waals surface area contributed by atoms with Gasteiger partial charge in [0.15, 0.2) is 0 Å². The van der Waals surface area contributed by atoms with Gasteiger partial charge < -0.3 is 9.84 Å². The highest BCUT2D eigenvalue weighted by Crippen LogP contribution is 2.32. The minimum Gasteiger partial charge on any atom is -0.497 e. The van der Waals surface area contributed by atoms with Crippen LogP contribution in [0.5, 0.6) is 5.75 Å². The van der Waals surface area contributed by atoms with E-state index in [0.29, 0.717) is 0 Å². The normalized spacial score (nSPS) is 21.4. The molecule has 1 saturated heterocycles. The number of carbonyl (C=O) groups is 1. The van der Waals surface area contributed by atoms with Crippen molar-refractivity contribution >= 4 is 5.97 Å². The molecule has 0 saturated carbocycles. The Morgan fingerprint density at radius 2 is 2.30 bits per heavy atom. The summed E-state index contributed by atoms with van der Waals surface area (Å²) in [4.78, 5) is 13.6. The monoisotopic (exact) mass is 277 g/mol. The lowest BCUT2D eigenvalue weighted by Crippen LogP contribution is -2.46. The maximum absolute atomic E-state index is 11.5. The van der Waals surface area contributed by atoms with Crippen LogP contribution in [0.25, 0.3) is 0 Å². The summed E-state index contributed by atoms with van der Waals surface area (Å²) in [5.41, 5.74) is 1.14. The highest BCUT2D eigenvalue weighted by Gasteiger charge is 2.33. The number of methoxy groups -OCH3 is 1. The fourth-order valence-electron chi connectivity index (χ4n) is 3.10. The Kier molecular flexibility index (Phi) is 5.01. The summed E-state index contributed by atoms with van der Waals surface area (Å²) in [6.45, 7) is 2.96. The quantitative estimate of drug-likeness (QED) is 0.898. The van der Waals surface area contributed by atoms with Crippen molar-refractivity contribution in [3.63, 3.8) is 0 Å². The summed E-state index contributed by atoms with van der Waals surface area (Å²) in [5, 5.41) is 9.43. The maximum Gasteiger partial charge on any atom is 0.320 e. The Hall–Kier alpha value is -1.55. The van der Waals surface area contributed by atoms with Gasteiger partial charge in [0.1, 0.15) is 11.8 Å². The molecule has 1 aromatic carbocycles. The predicted octanol–water partition coefficient (Wildman–Crippen LogP) is 3.09. The Labute approximate surface area is 120 Å². The minimum absolute atomic E-state index is 0.145. The molecule has 1 N–H and O–H groups in total. The molecule has 110 valence electrons. The van der Waals surface area contributed by atoms with Gasteiger partial charge >= 0.3 is 5.97 Å². The fourth-order valence-corrected chi connectivity index (χ4v) is 3.10. The molecule has 1 heterocycles. The molecule has 0 aromatic heterocycles. The van der Waals surface area contributed by atoms with E-state index < -0.39 is 5.97 Å². The van der Waals surface area contributed by atoms with Crippen molar-refractivity contribution in [1.82, 2.24) is 4.90 Å². The van der Waals surface area contributed by atoms with Crippen LogP contribution < -0.4 is 4.74 Å². The van der Waals surface area contributed by atoms with Gasteiger partial charge in [-0.25, -0.2) is 0 Å². The van der Waals surface area contributed by atoms with Crippen LogP contribution >= 0.6 is 0 Å². The molecule has 1 aromatic rings. The zero-order valence-corrected chi connectivity index (χ0v) is 12.2. The third-order valence-electron chi connectivity index (χ3n) is 4.09. The lowest BCUT2D eigenvalue weighted by atomic mass is 9.95. The van der Waals surface area contributed by atoms with Crippen molar-refractivity contribution in [1.29, 1.82) is 0 Å². The van der Waals surface area contributed by atoms with Crippen molar-refractivity contribution in [3.05, 3.63) is 29.8 Å². The Morgan fingerprint density at radius 3 is 2.95 bits per heavy atom. The fraction of sp³-hybridized carbons (Fsp3) is 0.562. The van der Waals surface area contributed by atoms with E-state index in [9.17, 15) is 9.90 Å². The molecule has 20 heavy (non-hydrogen) atoms. The first-order chi connectivity index (χ1) is 9.67. The van der Waals surface area contributed by atoms with E-state index in [1.165, 1.54) is 0 Å². The summed E-state index contributed by atoms with van der Waals surface area (Å²) in [6.07, 6.45) is 3.72. The third kappa shape index (κ3) is 3.12. The van der Waals surface area contributed by atoms with Crippen molar-refractivity contribution < 1.29 is 14.6 Å². The topological polar surface area (TPSA) is 49.8 Å². The van der Waals surface area contributed by atoms with Gasteiger partial charge in [-0.2, -0.15) is 0 Å². The van der Waals surface area contributed by atoms with E-state index in [0.717, 1.165) is 43.5 Å². The largest absolute Gasteiger partial charge is 0.497 e. The van der Waals surface area contributed by atoms with Crippen LogP contribution in [0.1, 0.15) is 44.2 Å². The number of piperidine rings is 1. The Bertz CT molecular complexity index is 461. The van der Waals surface area contributed by atoms with Gasteiger partial charge in [-0.1, -0.05) is 25.5 Å². The Balaban J connectivity index is 2.27. The van der Waals surface area contributed by atoms with E-state index in [-0.39, 0.29) is 12.1 Å². The molecule has 1 fully saturated rings. The summed E-state index contributed by atoms with van der Waals surface area (Å²) in [5.74, 6) is 0.121. The van der Waals surface area contributed by atoms with Crippen LogP contribution in [0.2, 0.25) is 0 Å². The second kappa shape index (κ2) is 6.75. The predicted molar refractivity (Wildman–Crippen MR) is 78.0 cm³/mol. The van der Waals surface area contributed by atoms with E-state index in [1.807, 2.05) is 18.2 Å². The molecular formula is C16H23NO3. The molecule has 4 nitrogen and oxygen atoms in total. The summed E-state index contributed by atoms with van der Waals surface area (Å²) < 4.78 is 5.28. The van der Waals surface area contributed by atoms with Crippen LogP contribution in [0.15, 0.2) is 24.3 Å². The molecular weight excluding hydrogens is 254 g/mol. The molecule has 0 spiro atoms. The molecule has 0 amide bonds. The van der Waals surface area contributed by atoms with Gasteiger partial charge in [0, 0.05) is 6.04 Å². The highest BCUT2D eigenvalue weighted by atomic mass is 16.5. The molecule has 1 aliphatic rings. The standard InChI is InChI=1S/C16H23NO3/c1-3-14(12-7-6-8-13(11-12)20-2)17-10-5-4-9-15(17)16(18)19/h6-8,11,14-15H,3-5,9-10H2,1-2H3,(H,18,19). The first-order valence-corrected chi connectivity index (χ1v) is 7.30. The van der Waals surface area contributed by atoms with Gasteiger partial charge in [-0.05, 0) is 43.5 Å². The van der Waals surface area contributed by atoms with Crippen molar-refractivity contribution in [2.45, 2.75) is 44.7 Å². The summed E-state index contributed by atoms with van der Waals surface area (Å²) >= 11 is 0. The second-order valence-corrected chi connectivity index (χ2v) is 5.29. The summed E-state index contributed by atoms with van der Waals surface area (Å²) in [6, 6.07) is 7.75. The van der Waals surface area contributed by atoms with Crippen LogP contribution in [-0.4, -0.2) is 35.7 Å². The van der Waals surface area contributed by atoms with Crippen LogP contribution in [0, 0.1) is 0 Å². The average Bonchev–Trinajstić information content (AvgIpc) is 2.48. The third-order valence-corrected chi connectivity index (χ3v) is 4.09. The number of ether oxygens (including phenoxy) is 1. The number of carboxylic acids is 1. The van der Waals surface area contributed by atoms with E-state index in [2.05, 4.69) is 17.9 Å². The van der Waals surface area contributed by atoms with E-state index in [1.54, 1.807) is 7.11 Å². The first-order valence-electron chi connectivity index (χ1n) is 7.30. The van der Waals surface area contributed by atoms with Gasteiger partial charge in [-0.15, -0.1) is 0 Å². The molecule has 2 rings (SSSR count). The molecule has 0 bridgehead atoms. The smallest absolute Gasteiger partial charge is 0.320 e. The molecule has 0 radical (unpaired) electrons. The Morgan fingerprint density at radius 1 is 1.50 bits per heavy atom. The van der Waals surface area contributed by atoms with Crippen molar-refractivity contribution in [2.75, 3.05) is 13.7 Å². The van der Waals surface area contributed by atoms with E-state index >= 15 is 0 Å². The second-order valence-electron chi connectivity index (χ2n) is 5.29. The number of aliphatic carboxylic acids is 1. The van der Waals surface area contributed by atoms with Crippen LogP contribution in [0.4, 0.5) is 0 Å². The lowest BCUT2D eigenvalue weighted by Gasteiger charge is -2.39. The summed E-state index contributed by atoms with van der Waals surface area (Å²) in [7, 11) is 1.65. The first kappa shape index (κ1) is 14.9. The number of rotatable bonds is 5. The lowest BCUT2D eigenvalue weighted by molar-refractivity contribution is -0.146. The highest BCUT2D eigenvalue weighted by molar-refractivity contribution is 5.73. The van der Waals surface area contributed by atoms with Crippen LogP contribution in [0.3, 0.4) is 0 Å². The zero-order chi connectivity index (χ0) is 14.5. The van der Waals surface area contributed by atoms with Gasteiger partial charge in [0.25, 0.3) is 0 Å². The van der Waals surface area contributed by atoms with Crippen molar-refractivity contribution in [3.8, 4) is 5.75 Å². The van der Waals surface area contributed by atoms with Gasteiger partial charge in [0.2, 0.25) is 0 Å². The van der Waals surface area contributed by atoms with Crippen LogP contribution in [-0.2, 0) is 4.79 Å². The molecule has 4 heteroatoms. The minimum atomic E-state index is -0.703. The van der Waals surface area contributed by atoms with Gasteiger partial charge in [0.05, 0.1) is 7.11 Å². The molecule has 2 unspecified atom stereocenters. The number of hydrogen-bond acceptors (Lipinski definition) is 3. The number of hydrogen-bond donors (Lipinski definition) is 1. The average molecular weight is 277 g/mol. The maximum atomic E-state index is 11.5. The number of nitrogens with zero attached hydrogens (tertiary/aromatic N) is 1. The molecule has 0 aliphatic carbocycles. The van der Waals surface area contributed by atoms with Gasteiger partial charge in [-0.3, -0.25) is 9.69 Å². The molecule has 2 atom stereocenters. The molecule has 1 aliphatic heterocycles. The zero-order valence-electron chi connectivity index (χ0n) is 12.2. The number of likely N-dealkylation sites (tertiary alicyclic amines) is 1. The number of benzene rings is 1.